The number of rotatable bonds is 5. The van der Waals surface area contributed by atoms with Crippen molar-refractivity contribution in [1.82, 2.24) is 15.5 Å². The van der Waals surface area contributed by atoms with E-state index in [0.717, 1.165) is 11.3 Å². The number of anilines is 2. The Morgan fingerprint density at radius 1 is 1.14 bits per heavy atom. The fourth-order valence-electron chi connectivity index (χ4n) is 2.00. The van der Waals surface area contributed by atoms with Crippen molar-refractivity contribution in [2.75, 3.05) is 11.9 Å². The van der Waals surface area contributed by atoms with Crippen LogP contribution in [0.3, 0.4) is 0 Å². The van der Waals surface area contributed by atoms with Crippen molar-refractivity contribution in [3.8, 4) is 0 Å². The van der Waals surface area contributed by atoms with Gasteiger partial charge in [0.2, 0.25) is 0 Å². The first-order valence-corrected chi connectivity index (χ1v) is 7.42. The van der Waals surface area contributed by atoms with Crippen LogP contribution in [0.25, 0.3) is 0 Å². The third kappa shape index (κ3) is 4.28. The Balaban J connectivity index is 2.04. The summed E-state index contributed by atoms with van der Waals surface area (Å²) in [4.78, 5) is 11.9. The molecule has 2 aromatic rings. The van der Waals surface area contributed by atoms with Gasteiger partial charge in [-0.05, 0) is 43.5 Å². The Kier molecular flexibility index (Phi) is 5.09. The number of hydrogen-bond acceptors (Lipinski definition) is 4. The van der Waals surface area contributed by atoms with Gasteiger partial charge in [0, 0.05) is 12.2 Å². The zero-order valence-electron chi connectivity index (χ0n) is 13.5. The summed E-state index contributed by atoms with van der Waals surface area (Å²) in [5.74, 6) is 0.828. The molecule has 5 heteroatoms. The quantitative estimate of drug-likeness (QED) is 0.889. The van der Waals surface area contributed by atoms with E-state index >= 15 is 0 Å². The number of benzene rings is 1. The molecule has 5 nitrogen and oxygen atoms in total. The molecule has 0 aliphatic rings. The van der Waals surface area contributed by atoms with E-state index in [4.69, 9.17) is 0 Å². The Labute approximate surface area is 131 Å². The van der Waals surface area contributed by atoms with Gasteiger partial charge < -0.3 is 10.6 Å². The van der Waals surface area contributed by atoms with Crippen LogP contribution in [-0.4, -0.2) is 22.6 Å². The van der Waals surface area contributed by atoms with Gasteiger partial charge in [0.25, 0.3) is 5.91 Å². The molecule has 1 aromatic carbocycles. The van der Waals surface area contributed by atoms with Crippen LogP contribution in [0.5, 0.6) is 0 Å². The van der Waals surface area contributed by atoms with Gasteiger partial charge in [0.05, 0.1) is 0 Å². The topological polar surface area (TPSA) is 66.9 Å². The zero-order valence-corrected chi connectivity index (χ0v) is 13.5. The second-order valence-electron chi connectivity index (χ2n) is 5.85. The van der Waals surface area contributed by atoms with Gasteiger partial charge in [0.1, 0.15) is 0 Å². The van der Waals surface area contributed by atoms with Crippen LogP contribution in [0.4, 0.5) is 11.5 Å². The maximum atomic E-state index is 11.9. The molecule has 0 fully saturated rings. The van der Waals surface area contributed by atoms with Crippen molar-refractivity contribution >= 4 is 17.4 Å². The van der Waals surface area contributed by atoms with Gasteiger partial charge in [-0.2, -0.15) is 0 Å². The van der Waals surface area contributed by atoms with Crippen LogP contribution in [0, 0.1) is 19.8 Å². The summed E-state index contributed by atoms with van der Waals surface area (Å²) in [6.45, 7) is 8.81. The summed E-state index contributed by atoms with van der Waals surface area (Å²) >= 11 is 0. The Bertz CT molecular complexity index is 650. The number of nitrogens with zero attached hydrogens (tertiary/aromatic N) is 2. The van der Waals surface area contributed by atoms with E-state index < -0.39 is 0 Å². The number of carbonyl (C=O) groups excluding carboxylic acids is 1. The van der Waals surface area contributed by atoms with Gasteiger partial charge in [-0.25, -0.2) is 0 Å². The van der Waals surface area contributed by atoms with Crippen molar-refractivity contribution in [1.29, 1.82) is 0 Å². The van der Waals surface area contributed by atoms with Crippen LogP contribution in [-0.2, 0) is 0 Å². The minimum atomic E-state index is -0.195. The van der Waals surface area contributed by atoms with Crippen molar-refractivity contribution in [2.24, 2.45) is 5.92 Å². The number of hydrogen-bond donors (Lipinski definition) is 2. The molecule has 0 aliphatic carbocycles. The van der Waals surface area contributed by atoms with Crippen molar-refractivity contribution < 1.29 is 4.79 Å². The van der Waals surface area contributed by atoms with E-state index in [9.17, 15) is 4.79 Å². The molecule has 0 radical (unpaired) electrons. The van der Waals surface area contributed by atoms with Crippen molar-refractivity contribution in [3.63, 3.8) is 0 Å². The number of amides is 1. The average molecular weight is 298 g/mol. The molecule has 0 aliphatic heterocycles. The SMILES string of the molecule is Cc1ccc(Nc2ccc(C(=O)NCC(C)C)nn2)c(C)c1. The lowest BCUT2D eigenvalue weighted by Crippen LogP contribution is -2.28. The highest BCUT2D eigenvalue weighted by Gasteiger charge is 2.09. The number of nitrogens with one attached hydrogen (secondary N) is 2. The van der Waals surface area contributed by atoms with E-state index in [2.05, 4.69) is 33.8 Å². The highest BCUT2D eigenvalue weighted by molar-refractivity contribution is 5.92. The minimum absolute atomic E-state index is 0.195. The van der Waals surface area contributed by atoms with E-state index in [0.29, 0.717) is 24.0 Å². The summed E-state index contributed by atoms with van der Waals surface area (Å²) < 4.78 is 0. The molecule has 0 saturated heterocycles. The molecule has 22 heavy (non-hydrogen) atoms. The first-order chi connectivity index (χ1) is 10.5. The average Bonchev–Trinajstić information content (AvgIpc) is 2.48. The van der Waals surface area contributed by atoms with Crippen LogP contribution in [0.15, 0.2) is 30.3 Å². The van der Waals surface area contributed by atoms with Gasteiger partial charge in [-0.15, -0.1) is 10.2 Å². The molecular weight excluding hydrogens is 276 g/mol. The molecule has 0 atom stereocenters. The fourth-order valence-corrected chi connectivity index (χ4v) is 2.00. The Morgan fingerprint density at radius 3 is 2.50 bits per heavy atom. The normalized spacial score (nSPS) is 10.6. The number of aromatic nitrogens is 2. The molecule has 2 N–H and O–H groups in total. The molecule has 1 amide bonds. The molecule has 0 bridgehead atoms. The van der Waals surface area contributed by atoms with E-state index in [1.54, 1.807) is 12.1 Å². The third-order valence-corrected chi connectivity index (χ3v) is 3.21. The fraction of sp³-hybridized carbons (Fsp3) is 0.353. The molecule has 0 spiro atoms. The maximum absolute atomic E-state index is 11.9. The number of carbonyl (C=O) groups is 1. The van der Waals surface area contributed by atoms with Crippen LogP contribution in [0.1, 0.15) is 35.5 Å². The molecule has 116 valence electrons. The Hall–Kier alpha value is -2.43. The van der Waals surface area contributed by atoms with Gasteiger partial charge >= 0.3 is 0 Å². The Morgan fingerprint density at radius 2 is 1.91 bits per heavy atom. The molecule has 0 saturated carbocycles. The first kappa shape index (κ1) is 15.9. The van der Waals surface area contributed by atoms with Crippen LogP contribution < -0.4 is 10.6 Å². The molecule has 1 heterocycles. The third-order valence-electron chi connectivity index (χ3n) is 3.21. The van der Waals surface area contributed by atoms with E-state index in [1.165, 1.54) is 5.56 Å². The lowest BCUT2D eigenvalue weighted by Gasteiger charge is -2.10. The van der Waals surface area contributed by atoms with E-state index in [1.807, 2.05) is 32.9 Å². The summed E-state index contributed by atoms with van der Waals surface area (Å²) in [5.41, 5.74) is 3.66. The van der Waals surface area contributed by atoms with Crippen LogP contribution >= 0.6 is 0 Å². The van der Waals surface area contributed by atoms with Crippen LogP contribution in [0.2, 0.25) is 0 Å². The smallest absolute Gasteiger partial charge is 0.271 e. The predicted octanol–water partition coefficient (Wildman–Crippen LogP) is 3.22. The van der Waals surface area contributed by atoms with Gasteiger partial charge in [0.15, 0.2) is 11.5 Å². The summed E-state index contributed by atoms with van der Waals surface area (Å²) in [6, 6.07) is 9.58. The maximum Gasteiger partial charge on any atom is 0.271 e. The standard InChI is InChI=1S/C17H22N4O/c1-11(2)10-18-17(22)15-7-8-16(21-20-15)19-14-6-5-12(3)9-13(14)4/h5-9,11H,10H2,1-4H3,(H,18,22)(H,19,21). The monoisotopic (exact) mass is 298 g/mol. The van der Waals surface area contributed by atoms with E-state index in [-0.39, 0.29) is 5.91 Å². The highest BCUT2D eigenvalue weighted by Crippen LogP contribution is 2.19. The zero-order chi connectivity index (χ0) is 16.1. The minimum Gasteiger partial charge on any atom is -0.350 e. The molecular formula is C17H22N4O. The first-order valence-electron chi connectivity index (χ1n) is 7.42. The lowest BCUT2D eigenvalue weighted by atomic mass is 10.1. The summed E-state index contributed by atoms with van der Waals surface area (Å²) in [6.07, 6.45) is 0. The predicted molar refractivity (Wildman–Crippen MR) is 88.4 cm³/mol. The molecule has 0 unspecified atom stereocenters. The van der Waals surface area contributed by atoms with Gasteiger partial charge in [-0.3, -0.25) is 4.79 Å². The summed E-state index contributed by atoms with van der Waals surface area (Å²) in [5, 5.41) is 14.1. The summed E-state index contributed by atoms with van der Waals surface area (Å²) in [7, 11) is 0. The molecule has 1 aromatic heterocycles. The molecule has 2 rings (SSSR count). The second kappa shape index (κ2) is 7.02. The highest BCUT2D eigenvalue weighted by atomic mass is 16.1. The van der Waals surface area contributed by atoms with Crippen molar-refractivity contribution in [3.05, 3.63) is 47.2 Å². The van der Waals surface area contributed by atoms with Crippen molar-refractivity contribution in [2.45, 2.75) is 27.7 Å². The largest absolute Gasteiger partial charge is 0.350 e. The lowest BCUT2D eigenvalue weighted by molar-refractivity contribution is 0.0943. The second-order valence-corrected chi connectivity index (χ2v) is 5.85. The number of aryl methyl sites for hydroxylation is 2. The van der Waals surface area contributed by atoms with Gasteiger partial charge in [-0.1, -0.05) is 31.5 Å².